The Balaban J connectivity index is 2.32. The summed E-state index contributed by atoms with van der Waals surface area (Å²) in [7, 11) is 0. The van der Waals surface area contributed by atoms with Gasteiger partial charge in [0.1, 0.15) is 5.88 Å². The van der Waals surface area contributed by atoms with Crippen molar-refractivity contribution in [1.82, 2.24) is 0 Å². The van der Waals surface area contributed by atoms with Gasteiger partial charge in [-0.1, -0.05) is 19.9 Å². The standard InChI is InChI=1S/C13H16ClNO2/c1-13(2)6-11(16)9-5-8(3-4-10(9)13)15-12(17)7-14/h3-5,11,16H,6-7H2,1-2H3,(H,15,17). The van der Waals surface area contributed by atoms with Crippen molar-refractivity contribution in [3.05, 3.63) is 29.3 Å². The first-order valence-corrected chi connectivity index (χ1v) is 6.16. The molecule has 2 N–H and O–H groups in total. The Bertz CT molecular complexity index is 457. The number of anilines is 1. The molecule has 92 valence electrons. The van der Waals surface area contributed by atoms with Crippen molar-refractivity contribution in [2.75, 3.05) is 11.2 Å². The lowest BCUT2D eigenvalue weighted by Gasteiger charge is -2.18. The largest absolute Gasteiger partial charge is 0.388 e. The predicted molar refractivity (Wildman–Crippen MR) is 68.4 cm³/mol. The lowest BCUT2D eigenvalue weighted by molar-refractivity contribution is -0.113. The maximum absolute atomic E-state index is 11.2. The minimum atomic E-state index is -0.451. The highest BCUT2D eigenvalue weighted by Gasteiger charge is 2.35. The van der Waals surface area contributed by atoms with E-state index in [1.807, 2.05) is 18.2 Å². The third-order valence-corrected chi connectivity index (χ3v) is 3.49. The van der Waals surface area contributed by atoms with Gasteiger partial charge in [-0.3, -0.25) is 4.79 Å². The molecule has 1 aromatic carbocycles. The fourth-order valence-electron chi connectivity index (χ4n) is 2.43. The normalized spacial score (nSPS) is 21.1. The Labute approximate surface area is 106 Å². The second kappa shape index (κ2) is 4.31. The van der Waals surface area contributed by atoms with E-state index >= 15 is 0 Å². The van der Waals surface area contributed by atoms with Crippen LogP contribution in [-0.2, 0) is 10.2 Å². The highest BCUT2D eigenvalue weighted by molar-refractivity contribution is 6.29. The maximum atomic E-state index is 11.2. The van der Waals surface area contributed by atoms with Gasteiger partial charge in [0.05, 0.1) is 6.10 Å². The molecule has 0 fully saturated rings. The van der Waals surface area contributed by atoms with Crippen LogP contribution < -0.4 is 5.32 Å². The van der Waals surface area contributed by atoms with Crippen molar-refractivity contribution < 1.29 is 9.90 Å². The first-order chi connectivity index (χ1) is 7.94. The van der Waals surface area contributed by atoms with Gasteiger partial charge >= 0.3 is 0 Å². The van der Waals surface area contributed by atoms with E-state index in [0.29, 0.717) is 5.69 Å². The van der Waals surface area contributed by atoms with Gasteiger partial charge in [0, 0.05) is 5.69 Å². The molecule has 0 radical (unpaired) electrons. The van der Waals surface area contributed by atoms with E-state index in [9.17, 15) is 9.90 Å². The number of benzene rings is 1. The number of hydrogen-bond donors (Lipinski definition) is 2. The number of carbonyl (C=O) groups excluding carboxylic acids is 1. The molecular formula is C13H16ClNO2. The summed E-state index contributed by atoms with van der Waals surface area (Å²) in [6.07, 6.45) is 0.266. The molecule has 1 amide bonds. The van der Waals surface area contributed by atoms with E-state index in [2.05, 4.69) is 19.2 Å². The van der Waals surface area contributed by atoms with Gasteiger partial charge in [0.15, 0.2) is 0 Å². The fraction of sp³-hybridized carbons (Fsp3) is 0.462. The molecular weight excluding hydrogens is 238 g/mol. The van der Waals surface area contributed by atoms with Crippen LogP contribution in [0.3, 0.4) is 0 Å². The van der Waals surface area contributed by atoms with Crippen molar-refractivity contribution in [1.29, 1.82) is 0 Å². The van der Waals surface area contributed by atoms with Crippen LogP contribution in [-0.4, -0.2) is 16.9 Å². The van der Waals surface area contributed by atoms with Crippen LogP contribution in [0, 0.1) is 0 Å². The molecule has 1 aliphatic carbocycles. The molecule has 0 saturated carbocycles. The molecule has 0 heterocycles. The van der Waals surface area contributed by atoms with Crippen molar-refractivity contribution in [2.45, 2.75) is 31.8 Å². The molecule has 1 unspecified atom stereocenters. The van der Waals surface area contributed by atoms with Gasteiger partial charge in [-0.2, -0.15) is 0 Å². The number of hydrogen-bond acceptors (Lipinski definition) is 2. The smallest absolute Gasteiger partial charge is 0.239 e. The summed E-state index contributed by atoms with van der Waals surface area (Å²) in [4.78, 5) is 11.2. The molecule has 0 bridgehead atoms. The van der Waals surface area contributed by atoms with Crippen molar-refractivity contribution in [2.24, 2.45) is 0 Å². The average Bonchev–Trinajstić information content (AvgIpc) is 2.49. The highest BCUT2D eigenvalue weighted by atomic mass is 35.5. The monoisotopic (exact) mass is 253 g/mol. The number of aliphatic hydroxyl groups is 1. The number of aliphatic hydroxyl groups excluding tert-OH is 1. The Morgan fingerprint density at radius 1 is 1.59 bits per heavy atom. The van der Waals surface area contributed by atoms with Crippen LogP contribution in [0.25, 0.3) is 0 Å². The van der Waals surface area contributed by atoms with E-state index in [1.165, 1.54) is 0 Å². The lowest BCUT2D eigenvalue weighted by Crippen LogP contribution is -2.14. The molecule has 0 spiro atoms. The number of carbonyl (C=O) groups is 1. The van der Waals surface area contributed by atoms with E-state index < -0.39 is 6.10 Å². The van der Waals surface area contributed by atoms with Crippen molar-refractivity contribution in [3.63, 3.8) is 0 Å². The zero-order chi connectivity index (χ0) is 12.6. The predicted octanol–water partition coefficient (Wildman–Crippen LogP) is 2.58. The van der Waals surface area contributed by atoms with Crippen LogP contribution in [0.15, 0.2) is 18.2 Å². The minimum absolute atomic E-state index is 0.0101. The average molecular weight is 254 g/mol. The Morgan fingerprint density at radius 2 is 2.29 bits per heavy atom. The Kier molecular flexibility index (Phi) is 3.15. The van der Waals surface area contributed by atoms with Gasteiger partial charge in [-0.05, 0) is 35.1 Å². The number of nitrogens with one attached hydrogen (secondary N) is 1. The summed E-state index contributed by atoms with van der Waals surface area (Å²) in [6, 6.07) is 5.65. The van der Waals surface area contributed by atoms with E-state index in [1.54, 1.807) is 0 Å². The molecule has 0 saturated heterocycles. The Morgan fingerprint density at radius 3 is 2.94 bits per heavy atom. The molecule has 1 atom stereocenters. The van der Waals surface area contributed by atoms with Gasteiger partial charge in [-0.15, -0.1) is 11.6 Å². The van der Waals surface area contributed by atoms with Crippen molar-refractivity contribution >= 4 is 23.2 Å². The zero-order valence-electron chi connectivity index (χ0n) is 9.96. The maximum Gasteiger partial charge on any atom is 0.239 e. The summed E-state index contributed by atoms with van der Waals surface area (Å²) < 4.78 is 0. The lowest BCUT2D eigenvalue weighted by atomic mass is 9.86. The van der Waals surface area contributed by atoms with Crippen molar-refractivity contribution in [3.8, 4) is 0 Å². The summed E-state index contributed by atoms with van der Waals surface area (Å²) in [5.74, 6) is -0.302. The number of fused-ring (bicyclic) bond motifs is 1. The molecule has 3 nitrogen and oxygen atoms in total. The topological polar surface area (TPSA) is 49.3 Å². The highest BCUT2D eigenvalue weighted by Crippen LogP contribution is 2.45. The molecule has 2 rings (SSSR count). The summed E-state index contributed by atoms with van der Waals surface area (Å²) in [5, 5.41) is 12.7. The van der Waals surface area contributed by atoms with Crippen LogP contribution in [0.1, 0.15) is 37.5 Å². The fourth-order valence-corrected chi connectivity index (χ4v) is 2.50. The van der Waals surface area contributed by atoms with Gasteiger partial charge in [0.25, 0.3) is 0 Å². The van der Waals surface area contributed by atoms with E-state index in [4.69, 9.17) is 11.6 Å². The van der Waals surface area contributed by atoms with Crippen LogP contribution >= 0.6 is 11.6 Å². The Hall–Kier alpha value is -1.06. The second-order valence-electron chi connectivity index (χ2n) is 5.09. The van der Waals surface area contributed by atoms with Crippen LogP contribution in [0.5, 0.6) is 0 Å². The number of rotatable bonds is 2. The van der Waals surface area contributed by atoms with Gasteiger partial charge in [-0.25, -0.2) is 0 Å². The number of alkyl halides is 1. The van der Waals surface area contributed by atoms with Crippen LogP contribution in [0.2, 0.25) is 0 Å². The molecule has 1 aliphatic rings. The van der Waals surface area contributed by atoms with E-state index in [-0.39, 0.29) is 17.2 Å². The summed E-state index contributed by atoms with van der Waals surface area (Å²) >= 11 is 5.43. The SMILES string of the molecule is CC1(C)CC(O)c2cc(NC(=O)CCl)ccc21. The minimum Gasteiger partial charge on any atom is -0.388 e. The molecule has 0 aromatic heterocycles. The van der Waals surface area contributed by atoms with Gasteiger partial charge in [0.2, 0.25) is 5.91 Å². The third-order valence-electron chi connectivity index (χ3n) is 3.25. The first-order valence-electron chi connectivity index (χ1n) is 5.62. The molecule has 4 heteroatoms. The molecule has 1 aromatic rings. The van der Waals surface area contributed by atoms with Gasteiger partial charge < -0.3 is 10.4 Å². The summed E-state index contributed by atoms with van der Waals surface area (Å²) in [5.41, 5.74) is 2.73. The molecule has 0 aliphatic heterocycles. The summed E-state index contributed by atoms with van der Waals surface area (Å²) in [6.45, 7) is 4.22. The quantitative estimate of drug-likeness (QED) is 0.796. The van der Waals surface area contributed by atoms with Crippen LogP contribution in [0.4, 0.5) is 5.69 Å². The third kappa shape index (κ3) is 2.31. The molecule has 17 heavy (non-hydrogen) atoms. The van der Waals surface area contributed by atoms with E-state index in [0.717, 1.165) is 17.5 Å². The first kappa shape index (κ1) is 12.4. The number of halogens is 1. The second-order valence-corrected chi connectivity index (χ2v) is 5.35. The zero-order valence-corrected chi connectivity index (χ0v) is 10.7. The number of amides is 1.